The van der Waals surface area contributed by atoms with Crippen LogP contribution in [-0.2, 0) is 0 Å². The Morgan fingerprint density at radius 1 is 1.25 bits per heavy atom. The number of halogens is 1. The third-order valence-corrected chi connectivity index (χ3v) is 2.45. The van der Waals surface area contributed by atoms with Gasteiger partial charge in [-0.1, -0.05) is 32.0 Å². The van der Waals surface area contributed by atoms with Crippen molar-refractivity contribution in [1.29, 1.82) is 0 Å². The summed E-state index contributed by atoms with van der Waals surface area (Å²) in [6.45, 7) is 9.20. The molecule has 0 aromatic heterocycles. The fourth-order valence-electron chi connectivity index (χ4n) is 0.612. The van der Waals surface area contributed by atoms with E-state index in [1.54, 1.807) is 0 Å². The van der Waals surface area contributed by atoms with Crippen LogP contribution >= 0.6 is 12.4 Å². The van der Waals surface area contributed by atoms with Crippen molar-refractivity contribution >= 4 is 27.6 Å². The van der Waals surface area contributed by atoms with Crippen LogP contribution in [0.1, 0.15) is 27.7 Å². The van der Waals surface area contributed by atoms with Crippen LogP contribution in [0.4, 0.5) is 0 Å². The smallest absolute Gasteiger partial charge is 0.147 e. The van der Waals surface area contributed by atoms with E-state index in [4.69, 9.17) is 0 Å². The molecule has 0 aliphatic heterocycles. The van der Waals surface area contributed by atoms with Gasteiger partial charge in [-0.05, 0) is 0 Å². The lowest BCUT2D eigenvalue weighted by atomic mass is 10.2. The van der Waals surface area contributed by atoms with Gasteiger partial charge in [-0.2, -0.15) is 0 Å². The third kappa shape index (κ3) is 9.95. The lowest BCUT2D eigenvalue weighted by Gasteiger charge is -2.13. The summed E-state index contributed by atoms with van der Waals surface area (Å²) >= 11 is 0.692. The molecule has 0 spiro atoms. The van der Waals surface area contributed by atoms with Gasteiger partial charge in [0.1, 0.15) is 0 Å². The lowest BCUT2D eigenvalue weighted by Crippen LogP contribution is -2.05. The Labute approximate surface area is 65.2 Å². The van der Waals surface area contributed by atoms with E-state index < -0.39 is 0 Å². The van der Waals surface area contributed by atoms with E-state index in [0.717, 1.165) is 0 Å². The maximum Gasteiger partial charge on any atom is 0.208 e. The van der Waals surface area contributed by atoms with Gasteiger partial charge in [-0.15, -0.1) is 17.7 Å². The van der Waals surface area contributed by atoms with Gasteiger partial charge in [-0.25, -0.2) is 0 Å². The number of hydrogen-bond donors (Lipinski definition) is 0. The summed E-state index contributed by atoms with van der Waals surface area (Å²) in [5.74, 6) is 0. The van der Waals surface area contributed by atoms with Crippen LogP contribution in [0.5, 0.6) is 0 Å². The highest BCUT2D eigenvalue weighted by molar-refractivity contribution is 6.39. The van der Waals surface area contributed by atoms with Gasteiger partial charge in [0.05, 0.1) is 0 Å². The van der Waals surface area contributed by atoms with Gasteiger partial charge >= 0.3 is 0 Å². The molecule has 0 rings (SSSR count). The molecule has 0 saturated heterocycles. The molecule has 2 heteroatoms. The van der Waals surface area contributed by atoms with Crippen molar-refractivity contribution in [2.24, 2.45) is 0 Å². The van der Waals surface area contributed by atoms with Gasteiger partial charge in [0.15, 0.2) is 0 Å². The van der Waals surface area contributed by atoms with Crippen LogP contribution in [-0.4, -0.2) is 15.2 Å². The number of rotatable bonds is 1. The predicted octanol–water partition coefficient (Wildman–Crippen LogP) is 2.77. The van der Waals surface area contributed by atoms with Gasteiger partial charge < -0.3 is 0 Å². The van der Waals surface area contributed by atoms with Crippen molar-refractivity contribution < 1.29 is 0 Å². The highest BCUT2D eigenvalue weighted by Gasteiger charge is 2.08. The molecule has 0 amide bonds. The first-order valence-electron chi connectivity index (χ1n) is 2.90. The van der Waals surface area contributed by atoms with E-state index in [9.17, 15) is 0 Å². The summed E-state index contributed by atoms with van der Waals surface area (Å²) < 4.78 is 0.634. The minimum Gasteiger partial charge on any atom is -0.147 e. The molecule has 0 atom stereocenters. The molecule has 0 aromatic rings. The minimum atomic E-state index is 0. The molecular weight excluding hydrogens is 135 g/mol. The zero-order valence-corrected chi connectivity index (χ0v) is 8.16. The van der Waals surface area contributed by atoms with Crippen LogP contribution in [0.2, 0.25) is 9.56 Å². The molecule has 0 nitrogen and oxygen atoms in total. The summed E-state index contributed by atoms with van der Waals surface area (Å²) in [5.41, 5.74) is 0. The summed E-state index contributed by atoms with van der Waals surface area (Å²) in [7, 11) is 0. The average molecular weight is 150 g/mol. The van der Waals surface area contributed by atoms with Crippen molar-refractivity contribution in [1.82, 2.24) is 0 Å². The predicted molar refractivity (Wildman–Crippen MR) is 43.2 cm³/mol. The second kappa shape index (κ2) is 4.68. The maximum atomic E-state index is 2.31. The first-order valence-corrected chi connectivity index (χ1v) is 4.30. The Morgan fingerprint density at radius 3 is 1.62 bits per heavy atom. The van der Waals surface area contributed by atoms with Crippen molar-refractivity contribution in [3.05, 3.63) is 0 Å². The SMILES string of the molecule is C[CH2][Al][C](C)(C)C.Cl. The summed E-state index contributed by atoms with van der Waals surface area (Å²) in [6, 6.07) is 0. The average Bonchev–Trinajstić information content (AvgIpc) is 1.30. The molecule has 0 aliphatic rings. The molecule has 1 radical (unpaired) electrons. The normalized spacial score (nSPS) is 10.0. The van der Waals surface area contributed by atoms with E-state index in [0.29, 0.717) is 19.5 Å². The Morgan fingerprint density at radius 2 is 1.62 bits per heavy atom. The Bertz CT molecular complexity index is 47.0. The quantitative estimate of drug-likeness (QED) is 0.503. The van der Waals surface area contributed by atoms with Crippen molar-refractivity contribution in [3.63, 3.8) is 0 Å². The molecule has 0 saturated carbocycles. The monoisotopic (exact) mass is 149 g/mol. The summed E-state index contributed by atoms with van der Waals surface area (Å²) in [4.78, 5) is 0. The fraction of sp³-hybridized carbons (Fsp3) is 1.00. The van der Waals surface area contributed by atoms with Gasteiger partial charge in [-0.3, -0.25) is 0 Å². The van der Waals surface area contributed by atoms with E-state index in [2.05, 4.69) is 27.7 Å². The van der Waals surface area contributed by atoms with E-state index in [1.165, 1.54) is 5.28 Å². The highest BCUT2D eigenvalue weighted by atomic mass is 35.5. The molecule has 0 bridgehead atoms. The van der Waals surface area contributed by atoms with E-state index in [1.807, 2.05) is 0 Å². The zero-order chi connectivity index (χ0) is 5.91. The number of hydrogen-bond acceptors (Lipinski definition) is 0. The Kier molecular flexibility index (Phi) is 6.78. The first kappa shape index (κ1) is 11.6. The summed E-state index contributed by atoms with van der Waals surface area (Å²) in [6.07, 6.45) is 0. The molecule has 8 heavy (non-hydrogen) atoms. The highest BCUT2D eigenvalue weighted by Crippen LogP contribution is 2.20. The van der Waals surface area contributed by atoms with E-state index in [-0.39, 0.29) is 12.4 Å². The first-order chi connectivity index (χ1) is 3.06. The van der Waals surface area contributed by atoms with Crippen molar-refractivity contribution in [3.8, 4) is 0 Å². The second-order valence-corrected chi connectivity index (χ2v) is 5.94. The topological polar surface area (TPSA) is 0 Å². The molecule has 0 N–H and O–H groups in total. The third-order valence-electron chi connectivity index (χ3n) is 0.816. The molecule has 49 valence electrons. The largest absolute Gasteiger partial charge is 0.208 e. The molecule has 0 fully saturated rings. The standard InChI is InChI=1S/C4H9.C2H5.Al.ClH/c1-4(2)3;1-2;;/h1-3H3;1H2,2H3;;1H. The maximum absolute atomic E-state index is 2.31. The van der Waals surface area contributed by atoms with Crippen LogP contribution in [0.25, 0.3) is 0 Å². The summed E-state index contributed by atoms with van der Waals surface area (Å²) in [5, 5.41) is 1.39. The van der Waals surface area contributed by atoms with Crippen LogP contribution in [0.3, 0.4) is 0 Å². The molecule has 0 unspecified atom stereocenters. The second-order valence-electron chi connectivity index (χ2n) is 2.98. The van der Waals surface area contributed by atoms with Gasteiger partial charge in [0.25, 0.3) is 0 Å². The Balaban J connectivity index is 0. The van der Waals surface area contributed by atoms with Gasteiger partial charge in [0, 0.05) is 0 Å². The van der Waals surface area contributed by atoms with Crippen LogP contribution in [0, 0.1) is 0 Å². The van der Waals surface area contributed by atoms with Crippen molar-refractivity contribution in [2.75, 3.05) is 0 Å². The van der Waals surface area contributed by atoms with Crippen LogP contribution < -0.4 is 0 Å². The lowest BCUT2D eigenvalue weighted by molar-refractivity contribution is 0.750. The van der Waals surface area contributed by atoms with E-state index >= 15 is 0 Å². The molecular formula is C6H15AlCl. The Hall–Kier alpha value is 0.822. The molecule has 0 heterocycles. The van der Waals surface area contributed by atoms with Gasteiger partial charge in [0.2, 0.25) is 15.2 Å². The minimum absolute atomic E-state index is 0. The zero-order valence-electron chi connectivity index (χ0n) is 6.19. The molecule has 0 aromatic carbocycles. The fourth-order valence-corrected chi connectivity index (χ4v) is 1.84. The molecule has 0 aliphatic carbocycles. The van der Waals surface area contributed by atoms with Crippen LogP contribution in [0.15, 0.2) is 0 Å². The van der Waals surface area contributed by atoms with Crippen molar-refractivity contribution in [2.45, 2.75) is 37.3 Å².